The van der Waals surface area contributed by atoms with Gasteiger partial charge in [0.1, 0.15) is 5.75 Å². The number of aryl methyl sites for hydroxylation is 1. The Morgan fingerprint density at radius 3 is 2.87 bits per heavy atom. The molecule has 6 heteroatoms. The van der Waals surface area contributed by atoms with Crippen LogP contribution in [-0.2, 0) is 11.2 Å². The Morgan fingerprint density at radius 1 is 1.13 bits per heavy atom. The SMILES string of the molecule is O=C1CCc2cc(-c3nc(-c4ccccc4O)no3)ccc2N1. The van der Waals surface area contributed by atoms with Crippen molar-refractivity contribution in [1.29, 1.82) is 0 Å². The van der Waals surface area contributed by atoms with Gasteiger partial charge in [0.15, 0.2) is 0 Å². The van der Waals surface area contributed by atoms with Crippen molar-refractivity contribution in [2.24, 2.45) is 0 Å². The molecule has 0 bridgehead atoms. The fourth-order valence-corrected chi connectivity index (χ4v) is 2.63. The summed E-state index contributed by atoms with van der Waals surface area (Å²) in [4.78, 5) is 15.7. The molecule has 0 atom stereocenters. The number of benzene rings is 2. The van der Waals surface area contributed by atoms with Crippen LogP contribution in [0.3, 0.4) is 0 Å². The van der Waals surface area contributed by atoms with Crippen LogP contribution in [0.25, 0.3) is 22.8 Å². The molecule has 3 aromatic rings. The van der Waals surface area contributed by atoms with Crippen molar-refractivity contribution in [2.75, 3.05) is 5.32 Å². The van der Waals surface area contributed by atoms with Gasteiger partial charge in [-0.25, -0.2) is 0 Å². The maximum absolute atomic E-state index is 11.4. The van der Waals surface area contributed by atoms with Crippen LogP contribution in [0.1, 0.15) is 12.0 Å². The van der Waals surface area contributed by atoms with E-state index in [1.54, 1.807) is 24.3 Å². The minimum absolute atomic E-state index is 0.0323. The van der Waals surface area contributed by atoms with Gasteiger partial charge in [-0.15, -0.1) is 0 Å². The van der Waals surface area contributed by atoms with Crippen LogP contribution in [0.15, 0.2) is 47.0 Å². The highest BCUT2D eigenvalue weighted by Gasteiger charge is 2.18. The fraction of sp³-hybridized carbons (Fsp3) is 0.118. The maximum Gasteiger partial charge on any atom is 0.258 e. The van der Waals surface area contributed by atoms with Gasteiger partial charge in [0.25, 0.3) is 5.89 Å². The van der Waals surface area contributed by atoms with Gasteiger partial charge in [0, 0.05) is 17.7 Å². The normalized spacial score (nSPS) is 13.5. The molecule has 1 aromatic heterocycles. The number of amides is 1. The van der Waals surface area contributed by atoms with Crippen molar-refractivity contribution < 1.29 is 14.4 Å². The summed E-state index contributed by atoms with van der Waals surface area (Å²) in [5, 5.41) is 16.6. The van der Waals surface area contributed by atoms with E-state index in [0.717, 1.165) is 16.8 Å². The number of rotatable bonds is 2. The summed E-state index contributed by atoms with van der Waals surface area (Å²) >= 11 is 0. The first-order valence-corrected chi connectivity index (χ1v) is 7.26. The van der Waals surface area contributed by atoms with E-state index in [0.29, 0.717) is 30.1 Å². The Hall–Kier alpha value is -3.15. The molecule has 0 saturated heterocycles. The Morgan fingerprint density at radius 2 is 2.00 bits per heavy atom. The van der Waals surface area contributed by atoms with Crippen LogP contribution in [0.5, 0.6) is 5.75 Å². The number of aromatic hydroxyl groups is 1. The zero-order chi connectivity index (χ0) is 15.8. The summed E-state index contributed by atoms with van der Waals surface area (Å²) in [5.74, 6) is 0.852. The second-order valence-electron chi connectivity index (χ2n) is 5.36. The van der Waals surface area contributed by atoms with E-state index in [1.807, 2.05) is 18.2 Å². The quantitative estimate of drug-likeness (QED) is 0.760. The first kappa shape index (κ1) is 13.5. The van der Waals surface area contributed by atoms with Crippen LogP contribution < -0.4 is 5.32 Å². The average molecular weight is 307 g/mol. The number of aromatic nitrogens is 2. The third-order valence-electron chi connectivity index (χ3n) is 3.82. The number of hydrogen-bond acceptors (Lipinski definition) is 5. The van der Waals surface area contributed by atoms with E-state index in [1.165, 1.54) is 0 Å². The summed E-state index contributed by atoms with van der Waals surface area (Å²) in [7, 11) is 0. The van der Waals surface area contributed by atoms with Crippen molar-refractivity contribution in [3.63, 3.8) is 0 Å². The number of hydrogen-bond donors (Lipinski definition) is 2. The molecule has 0 radical (unpaired) electrons. The molecule has 4 rings (SSSR count). The number of carbonyl (C=O) groups excluding carboxylic acids is 1. The van der Waals surface area contributed by atoms with Crippen molar-refractivity contribution in [2.45, 2.75) is 12.8 Å². The maximum atomic E-state index is 11.4. The molecule has 0 aliphatic carbocycles. The lowest BCUT2D eigenvalue weighted by atomic mass is 10.0. The van der Waals surface area contributed by atoms with Crippen molar-refractivity contribution in [3.05, 3.63) is 48.0 Å². The molecule has 0 fully saturated rings. The molecule has 0 unspecified atom stereocenters. The van der Waals surface area contributed by atoms with E-state index < -0.39 is 0 Å². The summed E-state index contributed by atoms with van der Waals surface area (Å²) < 4.78 is 5.31. The van der Waals surface area contributed by atoms with Gasteiger partial charge in [0.2, 0.25) is 11.7 Å². The lowest BCUT2D eigenvalue weighted by Gasteiger charge is -2.16. The Balaban J connectivity index is 1.70. The first-order chi connectivity index (χ1) is 11.2. The third-order valence-corrected chi connectivity index (χ3v) is 3.82. The number of phenols is 1. The van der Waals surface area contributed by atoms with Crippen molar-refractivity contribution >= 4 is 11.6 Å². The third kappa shape index (κ3) is 2.44. The molecule has 0 saturated carbocycles. The topological polar surface area (TPSA) is 88.2 Å². The zero-order valence-electron chi connectivity index (χ0n) is 12.1. The van der Waals surface area contributed by atoms with Gasteiger partial charge in [0.05, 0.1) is 5.56 Å². The Bertz CT molecular complexity index is 902. The minimum Gasteiger partial charge on any atom is -0.507 e. The molecular formula is C17H13N3O3. The van der Waals surface area contributed by atoms with Crippen molar-refractivity contribution in [3.8, 4) is 28.6 Å². The average Bonchev–Trinajstić information content (AvgIpc) is 3.04. The Labute approximate surface area is 131 Å². The van der Waals surface area contributed by atoms with Crippen molar-refractivity contribution in [1.82, 2.24) is 10.1 Å². The van der Waals surface area contributed by atoms with Gasteiger partial charge < -0.3 is 14.9 Å². The molecule has 2 heterocycles. The fourth-order valence-electron chi connectivity index (χ4n) is 2.63. The van der Waals surface area contributed by atoms with Crippen LogP contribution in [0.4, 0.5) is 5.69 Å². The van der Waals surface area contributed by atoms with E-state index >= 15 is 0 Å². The molecular weight excluding hydrogens is 294 g/mol. The molecule has 1 aliphatic rings. The lowest BCUT2D eigenvalue weighted by Crippen LogP contribution is -2.18. The molecule has 114 valence electrons. The summed E-state index contributed by atoms with van der Waals surface area (Å²) in [5.41, 5.74) is 3.18. The minimum atomic E-state index is 0.0323. The van der Waals surface area contributed by atoms with E-state index in [4.69, 9.17) is 4.52 Å². The van der Waals surface area contributed by atoms with E-state index in [2.05, 4.69) is 15.5 Å². The largest absolute Gasteiger partial charge is 0.507 e. The van der Waals surface area contributed by atoms with Crippen LogP contribution >= 0.6 is 0 Å². The molecule has 2 N–H and O–H groups in total. The summed E-state index contributed by atoms with van der Waals surface area (Å²) in [6, 6.07) is 12.4. The molecule has 6 nitrogen and oxygen atoms in total. The predicted octanol–water partition coefficient (Wildman–Crippen LogP) is 2.99. The summed E-state index contributed by atoms with van der Waals surface area (Å²) in [6.45, 7) is 0. The number of nitrogens with zero attached hydrogens (tertiary/aromatic N) is 2. The second-order valence-corrected chi connectivity index (χ2v) is 5.36. The zero-order valence-corrected chi connectivity index (χ0v) is 12.1. The Kier molecular flexibility index (Phi) is 3.08. The smallest absolute Gasteiger partial charge is 0.258 e. The number of phenolic OH excluding ortho intramolecular Hbond substituents is 1. The lowest BCUT2D eigenvalue weighted by molar-refractivity contribution is -0.116. The van der Waals surface area contributed by atoms with Gasteiger partial charge >= 0.3 is 0 Å². The highest BCUT2D eigenvalue weighted by molar-refractivity contribution is 5.94. The van der Waals surface area contributed by atoms with Gasteiger partial charge in [-0.2, -0.15) is 4.98 Å². The van der Waals surface area contributed by atoms with Crippen LogP contribution in [-0.4, -0.2) is 21.2 Å². The summed E-state index contributed by atoms with van der Waals surface area (Å²) in [6.07, 6.45) is 1.17. The first-order valence-electron chi connectivity index (χ1n) is 7.26. The van der Waals surface area contributed by atoms with E-state index in [-0.39, 0.29) is 11.7 Å². The predicted molar refractivity (Wildman–Crippen MR) is 83.8 cm³/mol. The van der Waals surface area contributed by atoms with Gasteiger partial charge in [-0.05, 0) is 42.3 Å². The standard InChI is InChI=1S/C17H13N3O3/c21-14-4-2-1-3-12(14)16-19-17(23-20-16)11-5-7-13-10(9-11)6-8-15(22)18-13/h1-5,7,9,21H,6,8H2,(H,18,22). The van der Waals surface area contributed by atoms with Gasteiger partial charge in [-0.3, -0.25) is 4.79 Å². The number of anilines is 1. The van der Waals surface area contributed by atoms with Crippen LogP contribution in [0, 0.1) is 0 Å². The van der Waals surface area contributed by atoms with Crippen LogP contribution in [0.2, 0.25) is 0 Å². The van der Waals surface area contributed by atoms with E-state index in [9.17, 15) is 9.90 Å². The highest BCUT2D eigenvalue weighted by atomic mass is 16.5. The number of para-hydroxylation sites is 1. The number of fused-ring (bicyclic) bond motifs is 1. The number of nitrogens with one attached hydrogen (secondary N) is 1. The molecule has 1 amide bonds. The highest BCUT2D eigenvalue weighted by Crippen LogP contribution is 2.31. The molecule has 0 spiro atoms. The monoisotopic (exact) mass is 307 g/mol. The van der Waals surface area contributed by atoms with Gasteiger partial charge in [-0.1, -0.05) is 17.3 Å². The molecule has 1 aliphatic heterocycles. The number of carbonyl (C=O) groups is 1. The molecule has 2 aromatic carbocycles. The molecule has 23 heavy (non-hydrogen) atoms. The second kappa shape index (κ2) is 5.24.